The Morgan fingerprint density at radius 2 is 2.24 bits per heavy atom. The molecule has 0 aromatic carbocycles. The second-order valence-corrected chi connectivity index (χ2v) is 4.23. The zero-order chi connectivity index (χ0) is 12.5. The van der Waals surface area contributed by atoms with Crippen molar-refractivity contribution in [2.45, 2.75) is 12.8 Å². The van der Waals surface area contributed by atoms with E-state index in [4.69, 9.17) is 10.8 Å². The Morgan fingerprint density at radius 1 is 1.53 bits per heavy atom. The Hall–Kier alpha value is -2.11. The summed E-state index contributed by atoms with van der Waals surface area (Å²) in [5, 5.41) is 12.0. The number of amides is 1. The number of aromatic nitrogens is 1. The average Bonchev–Trinajstić information content (AvgIpc) is 3.08. The van der Waals surface area contributed by atoms with Crippen LogP contribution in [0.25, 0.3) is 0 Å². The number of nitrogens with one attached hydrogen (secondary N) is 1. The fourth-order valence-corrected chi connectivity index (χ4v) is 1.56. The summed E-state index contributed by atoms with van der Waals surface area (Å²) < 4.78 is 0. The first-order valence-electron chi connectivity index (χ1n) is 5.27. The van der Waals surface area contributed by atoms with Gasteiger partial charge in [0.05, 0.1) is 5.41 Å². The zero-order valence-electron chi connectivity index (χ0n) is 9.14. The summed E-state index contributed by atoms with van der Waals surface area (Å²) >= 11 is 0. The zero-order valence-corrected chi connectivity index (χ0v) is 9.14. The standard InChI is InChI=1S/C11H13N3O3/c12-9(15)8-5-7(1-4-13-8)14-6-11(2-3-11)10(16)17/h1,4-5H,2-3,6H2,(H2,12,15)(H,13,14)(H,16,17). The highest BCUT2D eigenvalue weighted by atomic mass is 16.4. The van der Waals surface area contributed by atoms with Crippen LogP contribution in [0.5, 0.6) is 0 Å². The summed E-state index contributed by atoms with van der Waals surface area (Å²) in [7, 11) is 0. The third kappa shape index (κ3) is 2.35. The Morgan fingerprint density at radius 3 is 2.76 bits per heavy atom. The molecule has 90 valence electrons. The van der Waals surface area contributed by atoms with Gasteiger partial charge in [0.15, 0.2) is 0 Å². The van der Waals surface area contributed by atoms with Crippen molar-refractivity contribution >= 4 is 17.6 Å². The molecule has 0 aliphatic heterocycles. The van der Waals surface area contributed by atoms with Gasteiger partial charge in [0.1, 0.15) is 5.69 Å². The summed E-state index contributed by atoms with van der Waals surface area (Å²) in [4.78, 5) is 25.7. The van der Waals surface area contributed by atoms with E-state index in [9.17, 15) is 9.59 Å². The molecule has 1 saturated carbocycles. The lowest BCUT2D eigenvalue weighted by Gasteiger charge is -2.12. The highest BCUT2D eigenvalue weighted by Gasteiger charge is 2.49. The van der Waals surface area contributed by atoms with Crippen LogP contribution in [0.2, 0.25) is 0 Å². The molecule has 1 fully saturated rings. The molecule has 6 nitrogen and oxygen atoms in total. The van der Waals surface area contributed by atoms with E-state index in [0.29, 0.717) is 25.1 Å². The Labute approximate surface area is 97.8 Å². The molecule has 0 bridgehead atoms. The number of aliphatic carboxylic acids is 1. The highest BCUT2D eigenvalue weighted by molar-refractivity contribution is 5.91. The van der Waals surface area contributed by atoms with Crippen LogP contribution < -0.4 is 11.1 Å². The number of hydrogen-bond donors (Lipinski definition) is 3. The third-order valence-corrected chi connectivity index (χ3v) is 2.95. The van der Waals surface area contributed by atoms with E-state index in [2.05, 4.69) is 10.3 Å². The number of carboxylic acid groups (broad SMARTS) is 1. The lowest BCUT2D eigenvalue weighted by molar-refractivity contribution is -0.142. The molecule has 1 amide bonds. The van der Waals surface area contributed by atoms with Gasteiger partial charge in [-0.2, -0.15) is 0 Å². The number of anilines is 1. The summed E-state index contributed by atoms with van der Waals surface area (Å²) in [6.45, 7) is 0.352. The second kappa shape index (κ2) is 4.04. The first-order valence-corrected chi connectivity index (χ1v) is 5.27. The third-order valence-electron chi connectivity index (χ3n) is 2.95. The Bertz CT molecular complexity index is 469. The maximum absolute atomic E-state index is 11.0. The first-order chi connectivity index (χ1) is 8.03. The van der Waals surface area contributed by atoms with E-state index in [-0.39, 0.29) is 5.69 Å². The molecule has 0 saturated heterocycles. The molecule has 1 aliphatic rings. The molecule has 1 heterocycles. The molecule has 0 atom stereocenters. The SMILES string of the molecule is NC(=O)c1cc(NCC2(C(=O)O)CC2)ccn1. The molecule has 0 radical (unpaired) electrons. The Kier molecular flexibility index (Phi) is 2.71. The van der Waals surface area contributed by atoms with Crippen molar-refractivity contribution in [3.05, 3.63) is 24.0 Å². The van der Waals surface area contributed by atoms with E-state index in [0.717, 1.165) is 0 Å². The van der Waals surface area contributed by atoms with Gasteiger partial charge in [0.2, 0.25) is 0 Å². The lowest BCUT2D eigenvalue weighted by atomic mass is 10.1. The number of carboxylic acids is 1. The topological polar surface area (TPSA) is 105 Å². The summed E-state index contributed by atoms with van der Waals surface area (Å²) in [5.74, 6) is -1.39. The fourth-order valence-electron chi connectivity index (χ4n) is 1.56. The van der Waals surface area contributed by atoms with Gasteiger partial charge in [-0.25, -0.2) is 0 Å². The number of rotatable bonds is 5. The van der Waals surface area contributed by atoms with Crippen LogP contribution in [-0.4, -0.2) is 28.5 Å². The van der Waals surface area contributed by atoms with Crippen LogP contribution >= 0.6 is 0 Å². The van der Waals surface area contributed by atoms with Crippen LogP contribution in [-0.2, 0) is 4.79 Å². The first kappa shape index (κ1) is 11.4. The maximum Gasteiger partial charge on any atom is 0.311 e. The average molecular weight is 235 g/mol. The van der Waals surface area contributed by atoms with Gasteiger partial charge in [-0.15, -0.1) is 0 Å². The number of nitrogens with two attached hydrogens (primary N) is 1. The van der Waals surface area contributed by atoms with Crippen LogP contribution in [0, 0.1) is 5.41 Å². The van der Waals surface area contributed by atoms with Crippen molar-refractivity contribution in [3.63, 3.8) is 0 Å². The van der Waals surface area contributed by atoms with Crippen molar-refractivity contribution in [2.24, 2.45) is 11.1 Å². The molecule has 0 unspecified atom stereocenters. The van der Waals surface area contributed by atoms with Gasteiger partial charge in [-0.05, 0) is 25.0 Å². The molecule has 0 spiro atoms. The smallest absolute Gasteiger partial charge is 0.311 e. The van der Waals surface area contributed by atoms with Gasteiger partial charge < -0.3 is 16.2 Å². The van der Waals surface area contributed by atoms with E-state index >= 15 is 0 Å². The predicted octanol–water partition coefficient (Wildman–Crippen LogP) is 0.457. The fraction of sp³-hybridized carbons (Fsp3) is 0.364. The van der Waals surface area contributed by atoms with Gasteiger partial charge >= 0.3 is 5.97 Å². The molecule has 6 heteroatoms. The van der Waals surface area contributed by atoms with Crippen molar-refractivity contribution in [2.75, 3.05) is 11.9 Å². The van der Waals surface area contributed by atoms with E-state index < -0.39 is 17.3 Å². The van der Waals surface area contributed by atoms with Crippen LogP contribution in [0.1, 0.15) is 23.3 Å². The normalized spacial score (nSPS) is 16.2. The lowest BCUT2D eigenvalue weighted by Crippen LogP contribution is -2.24. The minimum atomic E-state index is -0.783. The monoisotopic (exact) mass is 235 g/mol. The minimum absolute atomic E-state index is 0.162. The quantitative estimate of drug-likeness (QED) is 0.687. The molecule has 17 heavy (non-hydrogen) atoms. The maximum atomic E-state index is 11.0. The van der Waals surface area contributed by atoms with Crippen LogP contribution in [0.15, 0.2) is 18.3 Å². The number of primary amides is 1. The molecule has 1 aromatic heterocycles. The number of pyridine rings is 1. The van der Waals surface area contributed by atoms with Crippen molar-refractivity contribution in [1.82, 2.24) is 4.98 Å². The number of nitrogens with zero attached hydrogens (tertiary/aromatic N) is 1. The molecular weight excluding hydrogens is 222 g/mol. The van der Waals surface area contributed by atoms with Gasteiger partial charge in [-0.3, -0.25) is 14.6 Å². The largest absolute Gasteiger partial charge is 0.481 e. The number of hydrogen-bond acceptors (Lipinski definition) is 4. The van der Waals surface area contributed by atoms with Crippen LogP contribution in [0.4, 0.5) is 5.69 Å². The predicted molar refractivity (Wildman–Crippen MR) is 60.5 cm³/mol. The summed E-state index contributed by atoms with van der Waals surface area (Å²) in [6.07, 6.45) is 2.83. The molecule has 2 rings (SSSR count). The Balaban J connectivity index is 2.02. The van der Waals surface area contributed by atoms with Gasteiger partial charge in [0, 0.05) is 18.4 Å². The molecular formula is C11H13N3O3. The molecule has 4 N–H and O–H groups in total. The van der Waals surface area contributed by atoms with Gasteiger partial charge in [-0.1, -0.05) is 0 Å². The minimum Gasteiger partial charge on any atom is -0.481 e. The number of carbonyl (C=O) groups excluding carboxylic acids is 1. The van der Waals surface area contributed by atoms with Crippen LogP contribution in [0.3, 0.4) is 0 Å². The van der Waals surface area contributed by atoms with Crippen molar-refractivity contribution in [3.8, 4) is 0 Å². The second-order valence-electron chi connectivity index (χ2n) is 4.23. The van der Waals surface area contributed by atoms with Crippen molar-refractivity contribution < 1.29 is 14.7 Å². The van der Waals surface area contributed by atoms with Crippen molar-refractivity contribution in [1.29, 1.82) is 0 Å². The molecule has 1 aromatic rings. The highest BCUT2D eigenvalue weighted by Crippen LogP contribution is 2.45. The number of carbonyl (C=O) groups is 2. The van der Waals surface area contributed by atoms with Gasteiger partial charge in [0.25, 0.3) is 5.91 Å². The summed E-state index contributed by atoms with van der Waals surface area (Å²) in [6, 6.07) is 3.19. The summed E-state index contributed by atoms with van der Waals surface area (Å²) in [5.41, 5.74) is 5.28. The molecule has 1 aliphatic carbocycles. The van der Waals surface area contributed by atoms with E-state index in [1.54, 1.807) is 6.07 Å². The van der Waals surface area contributed by atoms with E-state index in [1.807, 2.05) is 0 Å². The van der Waals surface area contributed by atoms with E-state index in [1.165, 1.54) is 12.3 Å².